The van der Waals surface area contributed by atoms with Gasteiger partial charge in [-0.2, -0.15) is 0 Å². The molecule has 0 amide bonds. The van der Waals surface area contributed by atoms with Crippen molar-refractivity contribution in [3.63, 3.8) is 0 Å². The van der Waals surface area contributed by atoms with Crippen LogP contribution in [0.25, 0.3) is 87.3 Å². The third-order valence-corrected chi connectivity index (χ3v) is 12.6. The van der Waals surface area contributed by atoms with E-state index in [0.717, 1.165) is 33.6 Å². The Kier molecular flexibility index (Phi) is 6.72. The molecular weight excluding hydrogens is 691 g/mol. The zero-order valence-electron chi connectivity index (χ0n) is 31.8. The van der Waals surface area contributed by atoms with Gasteiger partial charge in [0.25, 0.3) is 0 Å². The van der Waals surface area contributed by atoms with E-state index in [0.29, 0.717) is 0 Å². The topological polar surface area (TPSA) is 16.4 Å². The normalized spacial score (nSPS) is 13.2. The molecule has 0 spiro atoms. The molecule has 0 saturated carbocycles. The molecule has 2 heteroatoms. The van der Waals surface area contributed by atoms with Crippen molar-refractivity contribution in [1.29, 1.82) is 0 Å². The molecule has 0 bridgehead atoms. The Hall–Kier alpha value is -7.16. The Morgan fingerprint density at radius 1 is 0.386 bits per heavy atom. The van der Waals surface area contributed by atoms with Crippen LogP contribution in [-0.2, 0) is 5.41 Å². The second kappa shape index (κ2) is 11.9. The lowest BCUT2D eigenvalue weighted by Crippen LogP contribution is -2.16. The standard InChI is InChI=1S/C55H37NO/c1-55(2)47-22-9-7-16-40(47)41-30-29-37(33-48(41)55)56(36-27-25-35(26-28-36)39-20-11-14-34-13-3-4-15-38(34)39)49-23-12-21-43-45-31-32-51-54(46-19-8-10-24-50(46)57-51)53(45)44-18-6-5-17-42(44)52(43)49/h3-33H,1-2H3. The van der Waals surface area contributed by atoms with Gasteiger partial charge in [0.05, 0.1) is 5.69 Å². The molecule has 0 unspecified atom stereocenters. The van der Waals surface area contributed by atoms with Crippen molar-refractivity contribution in [2.45, 2.75) is 19.3 Å². The Bertz CT molecular complexity index is 3410. The van der Waals surface area contributed by atoms with Gasteiger partial charge < -0.3 is 9.32 Å². The lowest BCUT2D eigenvalue weighted by Gasteiger charge is -2.30. The molecule has 12 rings (SSSR count). The highest BCUT2D eigenvalue weighted by molar-refractivity contribution is 6.36. The summed E-state index contributed by atoms with van der Waals surface area (Å²) in [6.45, 7) is 4.73. The van der Waals surface area contributed by atoms with Crippen LogP contribution in [0.1, 0.15) is 25.0 Å². The zero-order valence-corrected chi connectivity index (χ0v) is 31.8. The third kappa shape index (κ3) is 4.59. The number of furan rings is 1. The molecule has 10 aromatic carbocycles. The highest BCUT2D eigenvalue weighted by Crippen LogP contribution is 2.52. The average molecular weight is 728 g/mol. The molecule has 2 nitrogen and oxygen atoms in total. The Labute approximate surface area is 330 Å². The van der Waals surface area contributed by atoms with E-state index in [-0.39, 0.29) is 5.41 Å². The van der Waals surface area contributed by atoms with Gasteiger partial charge in [0.2, 0.25) is 0 Å². The Morgan fingerprint density at radius 3 is 1.82 bits per heavy atom. The SMILES string of the molecule is CC1(C)c2ccccc2-c2ccc(N(c3ccc(-c4cccc5ccccc45)cc3)c3cccc4c5ccc6oc7ccccc7c6c5c5ccccc5c34)cc21. The number of rotatable bonds is 4. The summed E-state index contributed by atoms with van der Waals surface area (Å²) in [6.07, 6.45) is 0. The van der Waals surface area contributed by atoms with Gasteiger partial charge >= 0.3 is 0 Å². The highest BCUT2D eigenvalue weighted by Gasteiger charge is 2.36. The summed E-state index contributed by atoms with van der Waals surface area (Å²) < 4.78 is 6.43. The maximum atomic E-state index is 6.43. The van der Waals surface area contributed by atoms with Crippen LogP contribution in [0.2, 0.25) is 0 Å². The highest BCUT2D eigenvalue weighted by atomic mass is 16.3. The van der Waals surface area contributed by atoms with Crippen LogP contribution in [-0.4, -0.2) is 0 Å². The summed E-state index contributed by atoms with van der Waals surface area (Å²) in [5.74, 6) is 0. The average Bonchev–Trinajstić information content (AvgIpc) is 3.75. The molecule has 1 aliphatic carbocycles. The van der Waals surface area contributed by atoms with Crippen LogP contribution < -0.4 is 4.90 Å². The van der Waals surface area contributed by atoms with Crippen LogP contribution >= 0.6 is 0 Å². The smallest absolute Gasteiger partial charge is 0.136 e. The van der Waals surface area contributed by atoms with Gasteiger partial charge in [0.1, 0.15) is 11.2 Å². The van der Waals surface area contributed by atoms with Crippen molar-refractivity contribution in [2.75, 3.05) is 4.90 Å². The number of para-hydroxylation sites is 1. The van der Waals surface area contributed by atoms with Gasteiger partial charge in [-0.3, -0.25) is 0 Å². The molecule has 268 valence electrons. The van der Waals surface area contributed by atoms with Crippen LogP contribution in [0.5, 0.6) is 0 Å². The van der Waals surface area contributed by atoms with E-state index in [4.69, 9.17) is 4.42 Å². The monoisotopic (exact) mass is 727 g/mol. The summed E-state index contributed by atoms with van der Waals surface area (Å²) >= 11 is 0. The lowest BCUT2D eigenvalue weighted by atomic mass is 9.82. The summed E-state index contributed by atoms with van der Waals surface area (Å²) in [5, 5.41) is 12.2. The number of fused-ring (bicyclic) bond motifs is 14. The van der Waals surface area contributed by atoms with E-state index >= 15 is 0 Å². The molecular formula is C55H37NO. The number of nitrogens with zero attached hydrogens (tertiary/aromatic N) is 1. The van der Waals surface area contributed by atoms with Crippen LogP contribution in [0.15, 0.2) is 192 Å². The fourth-order valence-electron chi connectivity index (χ4n) is 10.00. The predicted octanol–water partition coefficient (Wildman–Crippen LogP) is 15.6. The number of anilines is 3. The molecule has 0 saturated heterocycles. The molecule has 11 aromatic rings. The summed E-state index contributed by atoms with van der Waals surface area (Å²) in [7, 11) is 0. The first-order chi connectivity index (χ1) is 28.0. The Morgan fingerprint density at radius 2 is 0.982 bits per heavy atom. The summed E-state index contributed by atoms with van der Waals surface area (Å²) in [4.78, 5) is 2.48. The maximum absolute atomic E-state index is 6.43. The number of hydrogen-bond acceptors (Lipinski definition) is 2. The van der Waals surface area contributed by atoms with Gasteiger partial charge in [-0.15, -0.1) is 0 Å². The largest absolute Gasteiger partial charge is 0.456 e. The quantitative estimate of drug-likeness (QED) is 0.168. The van der Waals surface area contributed by atoms with E-state index in [1.165, 1.54) is 81.9 Å². The maximum Gasteiger partial charge on any atom is 0.136 e. The van der Waals surface area contributed by atoms with Gasteiger partial charge in [0, 0.05) is 38.3 Å². The molecule has 0 aliphatic heterocycles. The second-order valence-corrected chi connectivity index (χ2v) is 16.0. The van der Waals surface area contributed by atoms with E-state index < -0.39 is 0 Å². The van der Waals surface area contributed by atoms with Crippen LogP contribution in [0.3, 0.4) is 0 Å². The van der Waals surface area contributed by atoms with Crippen molar-refractivity contribution < 1.29 is 4.42 Å². The number of hydrogen-bond donors (Lipinski definition) is 0. The van der Waals surface area contributed by atoms with Crippen molar-refractivity contribution in [3.05, 3.63) is 199 Å². The van der Waals surface area contributed by atoms with Gasteiger partial charge in [-0.05, 0) is 114 Å². The minimum atomic E-state index is -0.133. The van der Waals surface area contributed by atoms with Crippen molar-refractivity contribution >= 4 is 82.1 Å². The first-order valence-corrected chi connectivity index (χ1v) is 19.8. The summed E-state index contributed by atoms with van der Waals surface area (Å²) in [6, 6.07) is 69.0. The lowest BCUT2D eigenvalue weighted by molar-refractivity contribution is 0.660. The van der Waals surface area contributed by atoms with E-state index in [1.54, 1.807) is 0 Å². The minimum Gasteiger partial charge on any atom is -0.456 e. The van der Waals surface area contributed by atoms with E-state index in [1.807, 2.05) is 0 Å². The first kappa shape index (κ1) is 32.1. The zero-order chi connectivity index (χ0) is 37.8. The van der Waals surface area contributed by atoms with Crippen molar-refractivity contribution in [3.8, 4) is 22.3 Å². The minimum absolute atomic E-state index is 0.133. The molecule has 1 aliphatic rings. The van der Waals surface area contributed by atoms with Crippen LogP contribution in [0, 0.1) is 0 Å². The van der Waals surface area contributed by atoms with Crippen molar-refractivity contribution in [1.82, 2.24) is 0 Å². The van der Waals surface area contributed by atoms with Gasteiger partial charge in [-0.25, -0.2) is 0 Å². The predicted molar refractivity (Wildman–Crippen MR) is 241 cm³/mol. The second-order valence-electron chi connectivity index (χ2n) is 16.0. The molecule has 0 N–H and O–H groups in total. The fourth-order valence-corrected chi connectivity index (χ4v) is 10.00. The molecule has 1 heterocycles. The van der Waals surface area contributed by atoms with Crippen molar-refractivity contribution in [2.24, 2.45) is 0 Å². The fraction of sp³-hybridized carbons (Fsp3) is 0.0545. The summed E-state index contributed by atoms with van der Waals surface area (Å²) in [5.41, 5.74) is 12.9. The molecule has 57 heavy (non-hydrogen) atoms. The first-order valence-electron chi connectivity index (χ1n) is 19.8. The third-order valence-electron chi connectivity index (χ3n) is 12.6. The molecule has 1 aromatic heterocycles. The van der Waals surface area contributed by atoms with E-state index in [2.05, 4.69) is 207 Å². The van der Waals surface area contributed by atoms with Gasteiger partial charge in [-0.1, -0.05) is 153 Å². The van der Waals surface area contributed by atoms with Gasteiger partial charge in [0.15, 0.2) is 0 Å². The van der Waals surface area contributed by atoms with Crippen LogP contribution in [0.4, 0.5) is 17.1 Å². The van der Waals surface area contributed by atoms with E-state index in [9.17, 15) is 0 Å². The molecule has 0 fully saturated rings. The molecule has 0 radical (unpaired) electrons. The Balaban J connectivity index is 1.14. The molecule has 0 atom stereocenters. The number of benzene rings is 10.